The topological polar surface area (TPSA) is 69.6 Å². The van der Waals surface area contributed by atoms with Crippen LogP contribution in [0.1, 0.15) is 44.6 Å². The van der Waals surface area contributed by atoms with Crippen molar-refractivity contribution in [3.8, 4) is 0 Å². The van der Waals surface area contributed by atoms with E-state index in [0.29, 0.717) is 25.4 Å². The van der Waals surface area contributed by atoms with Gasteiger partial charge < -0.3 is 15.3 Å². The van der Waals surface area contributed by atoms with E-state index in [1.807, 2.05) is 24.3 Å². The van der Waals surface area contributed by atoms with Crippen LogP contribution < -0.4 is 5.32 Å². The third-order valence-corrected chi connectivity index (χ3v) is 4.22. The number of likely N-dealkylation sites (tertiary alicyclic amines) is 1. The van der Waals surface area contributed by atoms with Gasteiger partial charge in [-0.15, -0.1) is 0 Å². The number of hydrogen-bond acceptors (Lipinski definition) is 2. The van der Waals surface area contributed by atoms with E-state index >= 15 is 0 Å². The molecule has 5 nitrogen and oxygen atoms in total. The summed E-state index contributed by atoms with van der Waals surface area (Å²) in [5.74, 6) is 0.751. The largest absolute Gasteiger partial charge is 0.465 e. The van der Waals surface area contributed by atoms with E-state index in [2.05, 4.69) is 19.2 Å². The van der Waals surface area contributed by atoms with Crippen molar-refractivity contribution in [1.29, 1.82) is 0 Å². The summed E-state index contributed by atoms with van der Waals surface area (Å²) in [4.78, 5) is 24.3. The Labute approximate surface area is 131 Å². The molecule has 1 aliphatic rings. The lowest BCUT2D eigenvalue weighted by atomic mass is 9.93. The van der Waals surface area contributed by atoms with Crippen molar-refractivity contribution in [2.45, 2.75) is 39.0 Å². The molecule has 2 N–H and O–H groups in total. The molecule has 120 valence electrons. The fraction of sp³-hybridized carbons (Fsp3) is 0.529. The molecule has 1 heterocycles. The molecule has 1 aliphatic heterocycles. The number of nitrogens with zero attached hydrogens (tertiary/aromatic N) is 1. The quantitative estimate of drug-likeness (QED) is 0.894. The molecule has 0 bridgehead atoms. The van der Waals surface area contributed by atoms with Gasteiger partial charge >= 0.3 is 6.09 Å². The molecule has 1 saturated heterocycles. The fourth-order valence-electron chi connectivity index (χ4n) is 2.75. The smallest absolute Gasteiger partial charge is 0.407 e. The molecule has 0 saturated carbocycles. The van der Waals surface area contributed by atoms with E-state index in [-0.39, 0.29) is 11.8 Å². The number of carboxylic acid groups (broad SMARTS) is 1. The number of rotatable bonds is 4. The molecule has 0 aliphatic carbocycles. The Kier molecular flexibility index (Phi) is 5.41. The average molecular weight is 304 g/mol. The molecular formula is C17H24N2O3. The zero-order valence-electron chi connectivity index (χ0n) is 13.2. The van der Waals surface area contributed by atoms with E-state index < -0.39 is 6.09 Å². The Bertz CT molecular complexity index is 517. The van der Waals surface area contributed by atoms with Crippen LogP contribution in [0.5, 0.6) is 0 Å². The Morgan fingerprint density at radius 1 is 1.23 bits per heavy atom. The molecule has 22 heavy (non-hydrogen) atoms. The highest BCUT2D eigenvalue weighted by molar-refractivity contribution is 5.90. The van der Waals surface area contributed by atoms with Gasteiger partial charge in [0.1, 0.15) is 0 Å². The lowest BCUT2D eigenvalue weighted by molar-refractivity contribution is -0.117. The van der Waals surface area contributed by atoms with E-state index in [4.69, 9.17) is 5.11 Å². The van der Waals surface area contributed by atoms with Crippen molar-refractivity contribution in [2.75, 3.05) is 18.4 Å². The third-order valence-electron chi connectivity index (χ3n) is 4.22. The first-order valence-corrected chi connectivity index (χ1v) is 7.83. The molecule has 0 spiro atoms. The SMILES string of the molecule is CC(C)c1ccc(NC(=O)CC2CCN(C(=O)O)CC2)cc1. The van der Waals surface area contributed by atoms with Crippen LogP contribution in [0.4, 0.5) is 10.5 Å². The maximum absolute atomic E-state index is 12.1. The molecule has 2 amide bonds. The number of carbonyl (C=O) groups excluding carboxylic acids is 1. The number of piperidine rings is 1. The molecule has 0 aromatic heterocycles. The Morgan fingerprint density at radius 2 is 1.82 bits per heavy atom. The standard InChI is InChI=1S/C17H24N2O3/c1-12(2)14-3-5-15(6-4-14)18-16(20)11-13-7-9-19(10-8-13)17(21)22/h3-6,12-13H,7-11H2,1-2H3,(H,18,20)(H,21,22). The zero-order chi connectivity index (χ0) is 16.1. The highest BCUT2D eigenvalue weighted by atomic mass is 16.4. The van der Waals surface area contributed by atoms with Gasteiger partial charge in [-0.1, -0.05) is 26.0 Å². The van der Waals surface area contributed by atoms with Crippen molar-refractivity contribution in [2.24, 2.45) is 5.92 Å². The summed E-state index contributed by atoms with van der Waals surface area (Å²) in [5, 5.41) is 11.8. The van der Waals surface area contributed by atoms with Gasteiger partial charge in [-0.3, -0.25) is 4.79 Å². The van der Waals surface area contributed by atoms with Crippen LogP contribution in [0.3, 0.4) is 0 Å². The van der Waals surface area contributed by atoms with Gasteiger partial charge in [0.15, 0.2) is 0 Å². The summed E-state index contributed by atoms with van der Waals surface area (Å²) in [7, 11) is 0. The number of anilines is 1. The van der Waals surface area contributed by atoms with E-state index in [9.17, 15) is 9.59 Å². The minimum Gasteiger partial charge on any atom is -0.465 e. The summed E-state index contributed by atoms with van der Waals surface area (Å²) < 4.78 is 0. The number of hydrogen-bond donors (Lipinski definition) is 2. The van der Waals surface area contributed by atoms with Crippen molar-refractivity contribution in [3.05, 3.63) is 29.8 Å². The predicted molar refractivity (Wildman–Crippen MR) is 86.1 cm³/mol. The van der Waals surface area contributed by atoms with Crippen molar-refractivity contribution in [3.63, 3.8) is 0 Å². The van der Waals surface area contributed by atoms with E-state index in [0.717, 1.165) is 18.5 Å². The summed E-state index contributed by atoms with van der Waals surface area (Å²) in [6.07, 6.45) is 1.10. The first-order chi connectivity index (χ1) is 10.5. The maximum atomic E-state index is 12.1. The second-order valence-electron chi connectivity index (χ2n) is 6.24. The first kappa shape index (κ1) is 16.3. The summed E-state index contributed by atoms with van der Waals surface area (Å²) >= 11 is 0. The van der Waals surface area contributed by atoms with Gasteiger partial charge in [-0.05, 0) is 42.4 Å². The van der Waals surface area contributed by atoms with Gasteiger partial charge in [0.05, 0.1) is 0 Å². The van der Waals surface area contributed by atoms with Crippen molar-refractivity contribution in [1.82, 2.24) is 4.90 Å². The summed E-state index contributed by atoms with van der Waals surface area (Å²) in [5.41, 5.74) is 2.07. The highest BCUT2D eigenvalue weighted by Crippen LogP contribution is 2.22. The van der Waals surface area contributed by atoms with Crippen LogP contribution in [0.15, 0.2) is 24.3 Å². The number of amides is 2. The van der Waals surface area contributed by atoms with Crippen LogP contribution in [0.2, 0.25) is 0 Å². The first-order valence-electron chi connectivity index (χ1n) is 7.83. The van der Waals surface area contributed by atoms with Crippen LogP contribution in [0, 0.1) is 5.92 Å². The molecular weight excluding hydrogens is 280 g/mol. The minimum absolute atomic E-state index is 0.00562. The van der Waals surface area contributed by atoms with E-state index in [1.165, 1.54) is 10.5 Å². The molecule has 2 rings (SSSR count). The predicted octanol–water partition coefficient (Wildman–Crippen LogP) is 3.53. The second kappa shape index (κ2) is 7.29. The van der Waals surface area contributed by atoms with Gasteiger partial charge in [0, 0.05) is 25.2 Å². The number of benzene rings is 1. The lowest BCUT2D eigenvalue weighted by Crippen LogP contribution is -2.38. The monoisotopic (exact) mass is 304 g/mol. The maximum Gasteiger partial charge on any atom is 0.407 e. The Hall–Kier alpha value is -2.04. The van der Waals surface area contributed by atoms with Crippen LogP contribution in [-0.2, 0) is 4.79 Å². The van der Waals surface area contributed by atoms with Crippen LogP contribution in [-0.4, -0.2) is 35.1 Å². The van der Waals surface area contributed by atoms with Gasteiger partial charge in [0.2, 0.25) is 5.91 Å². The average Bonchev–Trinajstić information content (AvgIpc) is 2.48. The summed E-state index contributed by atoms with van der Waals surface area (Å²) in [6, 6.07) is 7.93. The number of nitrogens with one attached hydrogen (secondary N) is 1. The van der Waals surface area contributed by atoms with E-state index in [1.54, 1.807) is 0 Å². The van der Waals surface area contributed by atoms with Gasteiger partial charge in [-0.25, -0.2) is 4.79 Å². The van der Waals surface area contributed by atoms with Crippen LogP contribution in [0.25, 0.3) is 0 Å². The molecule has 0 unspecified atom stereocenters. The third kappa shape index (κ3) is 4.48. The molecule has 1 fully saturated rings. The number of carbonyl (C=O) groups is 2. The zero-order valence-corrected chi connectivity index (χ0v) is 13.2. The van der Waals surface area contributed by atoms with Crippen LogP contribution >= 0.6 is 0 Å². The molecule has 5 heteroatoms. The Balaban J connectivity index is 1.80. The molecule has 1 aromatic carbocycles. The molecule has 0 radical (unpaired) electrons. The second-order valence-corrected chi connectivity index (χ2v) is 6.24. The van der Waals surface area contributed by atoms with Crippen molar-refractivity contribution >= 4 is 17.7 Å². The minimum atomic E-state index is -0.867. The van der Waals surface area contributed by atoms with Gasteiger partial charge in [-0.2, -0.15) is 0 Å². The molecule has 0 atom stereocenters. The fourth-order valence-corrected chi connectivity index (χ4v) is 2.75. The Morgan fingerprint density at radius 3 is 2.32 bits per heavy atom. The molecule has 1 aromatic rings. The van der Waals surface area contributed by atoms with Gasteiger partial charge in [0.25, 0.3) is 0 Å². The summed E-state index contributed by atoms with van der Waals surface area (Å²) in [6.45, 7) is 5.32. The normalized spacial score (nSPS) is 15.9. The van der Waals surface area contributed by atoms with Crippen molar-refractivity contribution < 1.29 is 14.7 Å². The highest BCUT2D eigenvalue weighted by Gasteiger charge is 2.23. The lowest BCUT2D eigenvalue weighted by Gasteiger charge is -2.29.